The number of pyridine rings is 1. The topological polar surface area (TPSA) is 134 Å². The summed E-state index contributed by atoms with van der Waals surface area (Å²) in [5.74, 6) is -2.17. The zero-order valence-corrected chi connectivity index (χ0v) is 11.2. The van der Waals surface area contributed by atoms with Gasteiger partial charge in [-0.3, -0.25) is 14.9 Å². The Labute approximate surface area is 122 Å². The van der Waals surface area contributed by atoms with Gasteiger partial charge in [0.05, 0.1) is 11.0 Å². The highest BCUT2D eigenvalue weighted by Crippen LogP contribution is 2.26. The lowest BCUT2D eigenvalue weighted by Crippen LogP contribution is -2.40. The van der Waals surface area contributed by atoms with E-state index in [0.717, 1.165) is 17.2 Å². The first kappa shape index (κ1) is 15.1. The van der Waals surface area contributed by atoms with Crippen LogP contribution in [0.2, 0.25) is 5.15 Å². The molecule has 2 heterocycles. The van der Waals surface area contributed by atoms with Gasteiger partial charge in [0.25, 0.3) is 11.6 Å². The number of aliphatic hydroxyl groups excluding tert-OH is 1. The summed E-state index contributed by atoms with van der Waals surface area (Å²) in [6, 6.07) is -0.231. The van der Waals surface area contributed by atoms with E-state index in [-0.39, 0.29) is 23.7 Å². The SMILES string of the molecule is O=C(O)[C@@H]1CC(O)CN1C(=O)c1cc(Cl)ncc1[N+](=O)[O-]. The molecule has 2 rings (SSSR count). The van der Waals surface area contributed by atoms with Crippen molar-refractivity contribution in [1.29, 1.82) is 0 Å². The van der Waals surface area contributed by atoms with Crippen LogP contribution in [-0.4, -0.2) is 55.6 Å². The van der Waals surface area contributed by atoms with Gasteiger partial charge in [0.15, 0.2) is 0 Å². The van der Waals surface area contributed by atoms with E-state index in [0.29, 0.717) is 0 Å². The van der Waals surface area contributed by atoms with Crippen LogP contribution < -0.4 is 0 Å². The first-order valence-corrected chi connectivity index (χ1v) is 6.21. The van der Waals surface area contributed by atoms with Crippen molar-refractivity contribution in [2.24, 2.45) is 0 Å². The molecule has 1 unspecified atom stereocenters. The van der Waals surface area contributed by atoms with E-state index in [2.05, 4.69) is 4.98 Å². The summed E-state index contributed by atoms with van der Waals surface area (Å²) in [4.78, 5) is 38.0. The maximum atomic E-state index is 12.3. The Hall–Kier alpha value is -2.26. The van der Waals surface area contributed by atoms with Crippen LogP contribution in [0.1, 0.15) is 16.8 Å². The summed E-state index contributed by atoms with van der Waals surface area (Å²) in [6.07, 6.45) is -0.294. The molecule has 2 atom stereocenters. The van der Waals surface area contributed by atoms with Crippen molar-refractivity contribution in [3.8, 4) is 0 Å². The number of hydrogen-bond donors (Lipinski definition) is 2. The predicted molar refractivity (Wildman–Crippen MR) is 69.0 cm³/mol. The molecule has 112 valence electrons. The fourth-order valence-corrected chi connectivity index (χ4v) is 2.32. The van der Waals surface area contributed by atoms with Gasteiger partial charge in [-0.1, -0.05) is 11.6 Å². The molecule has 1 aliphatic heterocycles. The zero-order valence-electron chi connectivity index (χ0n) is 10.5. The number of amides is 1. The molecular formula is C11H10ClN3O6. The fourth-order valence-electron chi connectivity index (χ4n) is 2.17. The Kier molecular flexibility index (Phi) is 4.05. The number of halogens is 1. The van der Waals surface area contributed by atoms with Crippen LogP contribution in [0.25, 0.3) is 0 Å². The lowest BCUT2D eigenvalue weighted by atomic mass is 10.1. The predicted octanol–water partition coefficient (Wildman–Crippen LogP) is 0.303. The maximum absolute atomic E-state index is 12.3. The number of nitro groups is 1. The van der Waals surface area contributed by atoms with E-state index in [1.165, 1.54) is 0 Å². The Morgan fingerprint density at radius 2 is 2.19 bits per heavy atom. The number of aromatic nitrogens is 1. The van der Waals surface area contributed by atoms with Gasteiger partial charge in [-0.2, -0.15) is 0 Å². The highest BCUT2D eigenvalue weighted by molar-refractivity contribution is 6.29. The molecule has 0 aliphatic carbocycles. The van der Waals surface area contributed by atoms with Gasteiger partial charge in [0.1, 0.15) is 23.0 Å². The van der Waals surface area contributed by atoms with E-state index >= 15 is 0 Å². The summed E-state index contributed by atoms with van der Waals surface area (Å²) in [5.41, 5.74) is -0.935. The molecule has 10 heteroatoms. The largest absolute Gasteiger partial charge is 0.480 e. The molecule has 0 radical (unpaired) electrons. The van der Waals surface area contributed by atoms with Gasteiger partial charge in [0.2, 0.25) is 0 Å². The number of rotatable bonds is 3. The Morgan fingerprint density at radius 1 is 1.52 bits per heavy atom. The number of nitrogens with zero attached hydrogens (tertiary/aromatic N) is 3. The molecule has 0 saturated carbocycles. The average molecular weight is 316 g/mol. The molecule has 1 aromatic heterocycles. The third kappa shape index (κ3) is 2.93. The van der Waals surface area contributed by atoms with Crippen molar-refractivity contribution in [2.75, 3.05) is 6.54 Å². The number of carbonyl (C=O) groups is 2. The lowest BCUT2D eigenvalue weighted by Gasteiger charge is -2.20. The second-order valence-electron chi connectivity index (χ2n) is 4.48. The van der Waals surface area contributed by atoms with Crippen LogP contribution in [0.15, 0.2) is 12.3 Å². The van der Waals surface area contributed by atoms with E-state index in [1.54, 1.807) is 0 Å². The van der Waals surface area contributed by atoms with Gasteiger partial charge in [-0.05, 0) is 6.07 Å². The summed E-state index contributed by atoms with van der Waals surface area (Å²) < 4.78 is 0. The molecule has 1 aliphatic rings. The average Bonchev–Trinajstić information content (AvgIpc) is 2.79. The summed E-state index contributed by atoms with van der Waals surface area (Å²) in [7, 11) is 0. The third-order valence-corrected chi connectivity index (χ3v) is 3.31. The van der Waals surface area contributed by atoms with E-state index in [4.69, 9.17) is 16.7 Å². The van der Waals surface area contributed by atoms with Crippen molar-refractivity contribution in [2.45, 2.75) is 18.6 Å². The first-order chi connectivity index (χ1) is 9.81. The second-order valence-corrected chi connectivity index (χ2v) is 4.87. The molecular weight excluding hydrogens is 306 g/mol. The number of aliphatic carboxylic acids is 1. The number of hydrogen-bond acceptors (Lipinski definition) is 6. The molecule has 1 fully saturated rings. The molecule has 1 saturated heterocycles. The summed E-state index contributed by atoms with van der Waals surface area (Å²) in [6.45, 7) is -0.215. The number of carboxylic acid groups (broad SMARTS) is 1. The van der Waals surface area contributed by atoms with Crippen LogP contribution in [0.5, 0.6) is 0 Å². The van der Waals surface area contributed by atoms with Crippen LogP contribution in [-0.2, 0) is 4.79 Å². The molecule has 2 N–H and O–H groups in total. The Morgan fingerprint density at radius 3 is 2.76 bits per heavy atom. The van der Waals surface area contributed by atoms with Crippen molar-refractivity contribution >= 4 is 29.2 Å². The number of carbonyl (C=O) groups excluding carboxylic acids is 1. The number of likely N-dealkylation sites (tertiary alicyclic amines) is 1. The minimum Gasteiger partial charge on any atom is -0.480 e. The zero-order chi connectivity index (χ0) is 15.7. The van der Waals surface area contributed by atoms with Gasteiger partial charge in [-0.15, -0.1) is 0 Å². The van der Waals surface area contributed by atoms with Gasteiger partial charge in [0, 0.05) is 13.0 Å². The molecule has 21 heavy (non-hydrogen) atoms. The molecule has 0 spiro atoms. The summed E-state index contributed by atoms with van der Waals surface area (Å²) >= 11 is 5.63. The smallest absolute Gasteiger partial charge is 0.326 e. The van der Waals surface area contributed by atoms with E-state index in [1.807, 2.05) is 0 Å². The number of aliphatic hydroxyl groups is 1. The van der Waals surface area contributed by atoms with Crippen LogP contribution >= 0.6 is 11.6 Å². The van der Waals surface area contributed by atoms with E-state index in [9.17, 15) is 24.8 Å². The number of carboxylic acids is 1. The third-order valence-electron chi connectivity index (χ3n) is 3.10. The first-order valence-electron chi connectivity index (χ1n) is 5.83. The van der Waals surface area contributed by atoms with Gasteiger partial charge < -0.3 is 15.1 Å². The quantitative estimate of drug-likeness (QED) is 0.465. The van der Waals surface area contributed by atoms with Crippen molar-refractivity contribution in [3.63, 3.8) is 0 Å². The highest BCUT2D eigenvalue weighted by Gasteiger charge is 2.41. The highest BCUT2D eigenvalue weighted by atomic mass is 35.5. The van der Waals surface area contributed by atoms with Gasteiger partial charge in [-0.25, -0.2) is 9.78 Å². The molecule has 0 bridgehead atoms. The van der Waals surface area contributed by atoms with Crippen LogP contribution in [0, 0.1) is 10.1 Å². The Bertz CT molecular complexity index is 622. The van der Waals surface area contributed by atoms with Crippen molar-refractivity contribution in [1.82, 2.24) is 9.88 Å². The second kappa shape index (κ2) is 5.62. The van der Waals surface area contributed by atoms with Crippen molar-refractivity contribution in [3.05, 3.63) is 33.1 Å². The normalized spacial score (nSPS) is 21.3. The maximum Gasteiger partial charge on any atom is 0.326 e. The monoisotopic (exact) mass is 315 g/mol. The summed E-state index contributed by atoms with van der Waals surface area (Å²) in [5, 5.41) is 29.4. The minimum atomic E-state index is -1.29. The fraction of sp³-hybridized carbons (Fsp3) is 0.364. The van der Waals surface area contributed by atoms with Gasteiger partial charge >= 0.3 is 5.97 Å². The lowest BCUT2D eigenvalue weighted by molar-refractivity contribution is -0.385. The molecule has 0 aromatic carbocycles. The minimum absolute atomic E-state index is 0.129. The molecule has 1 amide bonds. The van der Waals surface area contributed by atoms with Crippen LogP contribution in [0.4, 0.5) is 5.69 Å². The molecule has 1 aromatic rings. The van der Waals surface area contributed by atoms with E-state index < -0.39 is 34.6 Å². The molecule has 9 nitrogen and oxygen atoms in total. The van der Waals surface area contributed by atoms with Crippen LogP contribution in [0.3, 0.4) is 0 Å². The standard InChI is InChI=1S/C11H10ClN3O6/c12-9-2-6(8(3-13-9)15(20)21)10(17)14-4-5(16)1-7(14)11(18)19/h2-3,5,7,16H,1,4H2,(H,18,19)/t5?,7-/m0/s1. The Balaban J connectivity index is 2.42. The number of β-amino-alcohol motifs (C(OH)–C–C–N with tert-alkyl or cyclic N) is 1. The van der Waals surface area contributed by atoms with Crippen molar-refractivity contribution < 1.29 is 24.7 Å².